The highest BCUT2D eigenvalue weighted by Crippen LogP contribution is 2.19. The van der Waals surface area contributed by atoms with E-state index in [0.717, 1.165) is 45.4 Å². The van der Waals surface area contributed by atoms with Crippen molar-refractivity contribution >= 4 is 5.91 Å². The fourth-order valence-electron chi connectivity index (χ4n) is 2.63. The summed E-state index contributed by atoms with van der Waals surface area (Å²) in [7, 11) is 2.15. The van der Waals surface area contributed by atoms with Gasteiger partial charge in [0.25, 0.3) is 0 Å². The molecule has 1 N–H and O–H groups in total. The summed E-state index contributed by atoms with van der Waals surface area (Å²) in [4.78, 5) is 14.1. The van der Waals surface area contributed by atoms with Crippen LogP contribution in [0.25, 0.3) is 0 Å². The molecule has 2 rings (SSSR count). The van der Waals surface area contributed by atoms with Crippen molar-refractivity contribution in [2.75, 3.05) is 33.3 Å². The van der Waals surface area contributed by atoms with Gasteiger partial charge in [-0.05, 0) is 51.7 Å². The number of carbonyl (C=O) groups is 1. The van der Waals surface area contributed by atoms with Crippen LogP contribution >= 0.6 is 0 Å². The van der Waals surface area contributed by atoms with E-state index in [1.807, 2.05) is 0 Å². The molecule has 17 heavy (non-hydrogen) atoms. The van der Waals surface area contributed by atoms with E-state index in [4.69, 9.17) is 4.74 Å². The van der Waals surface area contributed by atoms with E-state index in [1.165, 1.54) is 0 Å². The summed E-state index contributed by atoms with van der Waals surface area (Å²) in [6.07, 6.45) is 5.49. The molecule has 0 spiro atoms. The maximum absolute atomic E-state index is 11.8. The van der Waals surface area contributed by atoms with E-state index in [1.54, 1.807) is 0 Å². The Labute approximate surface area is 104 Å². The Morgan fingerprint density at radius 3 is 2.76 bits per heavy atom. The molecule has 0 saturated carbocycles. The number of likely N-dealkylation sites (tertiary alicyclic amines) is 1. The zero-order chi connectivity index (χ0) is 12.1. The molecule has 0 radical (unpaired) electrons. The Morgan fingerprint density at radius 2 is 2.12 bits per heavy atom. The van der Waals surface area contributed by atoms with E-state index in [9.17, 15) is 4.79 Å². The summed E-state index contributed by atoms with van der Waals surface area (Å²) >= 11 is 0. The fraction of sp³-hybridized carbons (Fsp3) is 0.923. The van der Waals surface area contributed by atoms with E-state index in [-0.39, 0.29) is 12.0 Å². The van der Waals surface area contributed by atoms with Crippen LogP contribution in [-0.2, 0) is 9.53 Å². The topological polar surface area (TPSA) is 41.6 Å². The molecule has 0 aliphatic carbocycles. The van der Waals surface area contributed by atoms with Crippen LogP contribution in [0.1, 0.15) is 32.1 Å². The van der Waals surface area contributed by atoms with Gasteiger partial charge in [-0.3, -0.25) is 4.79 Å². The molecule has 2 heterocycles. The highest BCUT2D eigenvalue weighted by Gasteiger charge is 2.21. The normalized spacial score (nSPS) is 27.2. The van der Waals surface area contributed by atoms with Crippen molar-refractivity contribution in [3.63, 3.8) is 0 Å². The molecular formula is C13H24N2O2. The second kappa shape index (κ2) is 6.36. The molecule has 2 saturated heterocycles. The van der Waals surface area contributed by atoms with Crippen LogP contribution in [0, 0.1) is 5.92 Å². The van der Waals surface area contributed by atoms with Crippen LogP contribution in [0.15, 0.2) is 0 Å². The second-order valence-electron chi connectivity index (χ2n) is 5.39. The van der Waals surface area contributed by atoms with E-state index < -0.39 is 0 Å². The van der Waals surface area contributed by atoms with Crippen LogP contribution in [0.4, 0.5) is 0 Å². The first-order chi connectivity index (χ1) is 8.24. The average Bonchev–Trinajstić information content (AvgIpc) is 2.83. The number of ether oxygens (including phenoxy) is 1. The highest BCUT2D eigenvalue weighted by atomic mass is 16.5. The fourth-order valence-corrected chi connectivity index (χ4v) is 2.63. The molecule has 1 amide bonds. The van der Waals surface area contributed by atoms with Crippen LogP contribution in [0.5, 0.6) is 0 Å². The molecular weight excluding hydrogens is 216 g/mol. The average molecular weight is 240 g/mol. The quantitative estimate of drug-likeness (QED) is 0.797. The van der Waals surface area contributed by atoms with Gasteiger partial charge in [0.1, 0.15) is 0 Å². The van der Waals surface area contributed by atoms with Crippen LogP contribution in [0.3, 0.4) is 0 Å². The largest absolute Gasteiger partial charge is 0.376 e. The minimum atomic E-state index is 0.204. The van der Waals surface area contributed by atoms with Gasteiger partial charge in [-0.2, -0.15) is 0 Å². The van der Waals surface area contributed by atoms with Gasteiger partial charge < -0.3 is 15.0 Å². The lowest BCUT2D eigenvalue weighted by atomic mass is 9.93. The van der Waals surface area contributed by atoms with Gasteiger partial charge in [-0.1, -0.05) is 0 Å². The van der Waals surface area contributed by atoms with Gasteiger partial charge in [0.05, 0.1) is 6.10 Å². The molecule has 2 fully saturated rings. The standard InChI is InChI=1S/C13H24N2O2/c1-15-6-4-11(5-7-15)9-13(16)14-10-12-3-2-8-17-12/h11-12H,2-10H2,1H3,(H,14,16). The summed E-state index contributed by atoms with van der Waals surface area (Å²) in [6, 6.07) is 0. The highest BCUT2D eigenvalue weighted by molar-refractivity contribution is 5.76. The van der Waals surface area contributed by atoms with Gasteiger partial charge in [0.15, 0.2) is 0 Å². The summed E-state index contributed by atoms with van der Waals surface area (Å²) in [5.74, 6) is 0.783. The molecule has 98 valence electrons. The van der Waals surface area contributed by atoms with Crippen molar-refractivity contribution in [1.82, 2.24) is 10.2 Å². The number of rotatable bonds is 4. The van der Waals surface area contributed by atoms with Crippen LogP contribution in [0.2, 0.25) is 0 Å². The summed E-state index contributed by atoms with van der Waals surface area (Å²) in [6.45, 7) is 3.81. The minimum absolute atomic E-state index is 0.204. The monoisotopic (exact) mass is 240 g/mol. The van der Waals surface area contributed by atoms with Gasteiger partial charge >= 0.3 is 0 Å². The van der Waals surface area contributed by atoms with E-state index in [2.05, 4.69) is 17.3 Å². The second-order valence-corrected chi connectivity index (χ2v) is 5.39. The molecule has 1 atom stereocenters. The SMILES string of the molecule is CN1CCC(CC(=O)NCC2CCCO2)CC1. The Hall–Kier alpha value is -0.610. The third-order valence-corrected chi connectivity index (χ3v) is 3.86. The molecule has 2 aliphatic rings. The molecule has 4 nitrogen and oxygen atoms in total. The van der Waals surface area contributed by atoms with Crippen molar-refractivity contribution in [3.8, 4) is 0 Å². The number of hydrogen-bond donors (Lipinski definition) is 1. The van der Waals surface area contributed by atoms with Crippen molar-refractivity contribution in [3.05, 3.63) is 0 Å². The number of nitrogens with one attached hydrogen (secondary N) is 1. The zero-order valence-corrected chi connectivity index (χ0v) is 10.8. The summed E-state index contributed by atoms with van der Waals surface area (Å²) in [5, 5.41) is 3.01. The Balaban J connectivity index is 1.60. The Bertz CT molecular complexity index is 244. The van der Waals surface area contributed by atoms with E-state index >= 15 is 0 Å². The van der Waals surface area contributed by atoms with Crippen LogP contribution < -0.4 is 5.32 Å². The smallest absolute Gasteiger partial charge is 0.220 e. The molecule has 4 heteroatoms. The molecule has 0 aromatic rings. The lowest BCUT2D eigenvalue weighted by Crippen LogP contribution is -2.36. The zero-order valence-electron chi connectivity index (χ0n) is 10.8. The Kier molecular flexibility index (Phi) is 4.80. The molecule has 1 unspecified atom stereocenters. The van der Waals surface area contributed by atoms with Gasteiger partial charge in [-0.15, -0.1) is 0 Å². The van der Waals surface area contributed by atoms with Crippen molar-refractivity contribution in [2.24, 2.45) is 5.92 Å². The van der Waals surface area contributed by atoms with Crippen molar-refractivity contribution in [1.29, 1.82) is 0 Å². The van der Waals surface area contributed by atoms with Crippen LogP contribution in [-0.4, -0.2) is 50.2 Å². The first kappa shape index (κ1) is 12.8. The predicted molar refractivity (Wildman–Crippen MR) is 66.8 cm³/mol. The number of nitrogens with zero attached hydrogens (tertiary/aromatic N) is 1. The summed E-state index contributed by atoms with van der Waals surface area (Å²) < 4.78 is 5.49. The maximum atomic E-state index is 11.8. The van der Waals surface area contributed by atoms with Crippen molar-refractivity contribution < 1.29 is 9.53 Å². The summed E-state index contributed by atoms with van der Waals surface area (Å²) in [5.41, 5.74) is 0. The van der Waals surface area contributed by atoms with Gasteiger partial charge in [-0.25, -0.2) is 0 Å². The lowest BCUT2D eigenvalue weighted by Gasteiger charge is -2.28. The van der Waals surface area contributed by atoms with Gasteiger partial charge in [0, 0.05) is 19.6 Å². The third kappa shape index (κ3) is 4.28. The molecule has 0 aromatic carbocycles. The molecule has 0 bridgehead atoms. The lowest BCUT2D eigenvalue weighted by molar-refractivity contribution is -0.122. The molecule has 2 aliphatic heterocycles. The first-order valence-electron chi connectivity index (χ1n) is 6.81. The van der Waals surface area contributed by atoms with E-state index in [0.29, 0.717) is 18.9 Å². The predicted octanol–water partition coefficient (Wildman–Crippen LogP) is 1.01. The van der Waals surface area contributed by atoms with Crippen molar-refractivity contribution in [2.45, 2.75) is 38.2 Å². The number of piperidine rings is 1. The maximum Gasteiger partial charge on any atom is 0.220 e. The number of amides is 1. The third-order valence-electron chi connectivity index (χ3n) is 3.86. The van der Waals surface area contributed by atoms with Gasteiger partial charge in [0.2, 0.25) is 5.91 Å². The number of hydrogen-bond acceptors (Lipinski definition) is 3. The first-order valence-corrected chi connectivity index (χ1v) is 6.81. The Morgan fingerprint density at radius 1 is 1.35 bits per heavy atom. The number of carbonyl (C=O) groups excluding carboxylic acids is 1. The minimum Gasteiger partial charge on any atom is -0.376 e. The molecule has 0 aromatic heterocycles.